The number of amides is 1. The summed E-state index contributed by atoms with van der Waals surface area (Å²) in [6.07, 6.45) is 4.97. The van der Waals surface area contributed by atoms with Crippen molar-refractivity contribution in [2.24, 2.45) is 11.8 Å². The molecule has 2 fully saturated rings. The summed E-state index contributed by atoms with van der Waals surface area (Å²) in [6, 6.07) is 0.263. The molecule has 1 saturated carbocycles. The average molecular weight is 333 g/mol. The van der Waals surface area contributed by atoms with Crippen LogP contribution < -0.4 is 5.32 Å². The first-order valence-electron chi connectivity index (χ1n) is 8.27. The minimum atomic E-state index is -0.287. The number of hydrogen-bond donors (Lipinski definition) is 1. The van der Waals surface area contributed by atoms with Crippen LogP contribution in [-0.4, -0.2) is 49.1 Å². The van der Waals surface area contributed by atoms with Gasteiger partial charge in [-0.15, -0.1) is 12.4 Å². The van der Waals surface area contributed by atoms with Crippen molar-refractivity contribution < 1.29 is 14.3 Å². The van der Waals surface area contributed by atoms with Crippen LogP contribution in [0.4, 0.5) is 0 Å². The monoisotopic (exact) mass is 332 g/mol. The summed E-state index contributed by atoms with van der Waals surface area (Å²) in [5.41, 5.74) is 0. The molecule has 0 radical (unpaired) electrons. The highest BCUT2D eigenvalue weighted by molar-refractivity contribution is 5.85. The van der Waals surface area contributed by atoms with Gasteiger partial charge in [0.05, 0.1) is 6.61 Å². The van der Waals surface area contributed by atoms with Gasteiger partial charge in [0, 0.05) is 12.5 Å². The first kappa shape index (κ1) is 19.2. The quantitative estimate of drug-likeness (QED) is 0.724. The van der Waals surface area contributed by atoms with Crippen molar-refractivity contribution in [1.29, 1.82) is 0 Å². The predicted molar refractivity (Wildman–Crippen MR) is 88.0 cm³/mol. The van der Waals surface area contributed by atoms with Gasteiger partial charge in [-0.3, -0.25) is 9.59 Å². The molecule has 0 bridgehead atoms. The number of nitrogens with zero attached hydrogens (tertiary/aromatic N) is 1. The van der Waals surface area contributed by atoms with E-state index < -0.39 is 0 Å². The third-order valence-electron chi connectivity index (χ3n) is 4.55. The summed E-state index contributed by atoms with van der Waals surface area (Å²) in [5, 5.41) is 3.40. The van der Waals surface area contributed by atoms with Crippen LogP contribution in [0.15, 0.2) is 0 Å². The van der Waals surface area contributed by atoms with Gasteiger partial charge in [0.15, 0.2) is 0 Å². The number of carbonyl (C=O) groups is 2. The van der Waals surface area contributed by atoms with Crippen molar-refractivity contribution in [3.63, 3.8) is 0 Å². The van der Waals surface area contributed by atoms with Crippen LogP contribution in [0.1, 0.15) is 46.0 Å². The molecule has 0 spiro atoms. The Hall–Kier alpha value is -0.810. The Morgan fingerprint density at radius 2 is 2.05 bits per heavy atom. The fraction of sp³-hybridized carbons (Fsp3) is 0.875. The number of piperidine rings is 1. The summed E-state index contributed by atoms with van der Waals surface area (Å²) >= 11 is 0. The molecule has 0 aromatic carbocycles. The van der Waals surface area contributed by atoms with Crippen LogP contribution in [-0.2, 0) is 14.3 Å². The van der Waals surface area contributed by atoms with Gasteiger partial charge in [0.2, 0.25) is 5.91 Å². The first-order chi connectivity index (χ1) is 10.1. The number of halogens is 1. The fourth-order valence-corrected chi connectivity index (χ4v) is 3.08. The molecule has 1 aliphatic carbocycles. The molecule has 2 atom stereocenters. The molecule has 0 aromatic heterocycles. The van der Waals surface area contributed by atoms with Gasteiger partial charge in [0.1, 0.15) is 6.54 Å². The Morgan fingerprint density at radius 1 is 1.32 bits per heavy atom. The Balaban J connectivity index is 0.00000242. The number of esters is 1. The Bertz CT molecular complexity index is 368. The van der Waals surface area contributed by atoms with Crippen molar-refractivity contribution in [1.82, 2.24) is 10.2 Å². The Labute approximate surface area is 139 Å². The normalized spacial score (nSPS) is 22.4. The largest absolute Gasteiger partial charge is 0.465 e. The van der Waals surface area contributed by atoms with E-state index in [1.165, 1.54) is 12.8 Å². The number of nitrogens with one attached hydrogen (secondary N) is 1. The van der Waals surface area contributed by atoms with Gasteiger partial charge in [-0.25, -0.2) is 0 Å². The zero-order valence-electron chi connectivity index (χ0n) is 13.7. The second-order valence-corrected chi connectivity index (χ2v) is 6.35. The highest BCUT2D eigenvalue weighted by Crippen LogP contribution is 2.29. The minimum absolute atomic E-state index is 0. The Morgan fingerprint density at radius 3 is 2.59 bits per heavy atom. The maximum absolute atomic E-state index is 12.5. The lowest BCUT2D eigenvalue weighted by molar-refractivity contribution is -0.149. The standard InChI is InChI=1S/C16H28N2O3.ClH/c1-3-21-16(20)11-18(14-6-7-14)15(19)9-12(2)13-5-4-8-17-10-13;/h12-14,17H,3-11H2,1-2H3;1H. The van der Waals surface area contributed by atoms with E-state index in [0.29, 0.717) is 24.9 Å². The van der Waals surface area contributed by atoms with E-state index >= 15 is 0 Å². The van der Waals surface area contributed by atoms with E-state index in [2.05, 4.69) is 12.2 Å². The van der Waals surface area contributed by atoms with Gasteiger partial charge < -0.3 is 15.0 Å². The molecule has 22 heavy (non-hydrogen) atoms. The maximum atomic E-state index is 12.5. The van der Waals surface area contributed by atoms with Crippen LogP contribution in [0.3, 0.4) is 0 Å². The molecular weight excluding hydrogens is 304 g/mol. The van der Waals surface area contributed by atoms with E-state index in [9.17, 15) is 9.59 Å². The summed E-state index contributed by atoms with van der Waals surface area (Å²) in [6.45, 7) is 6.54. The molecule has 0 aromatic rings. The molecule has 1 saturated heterocycles. The van der Waals surface area contributed by atoms with Crippen LogP contribution >= 0.6 is 12.4 Å². The highest BCUT2D eigenvalue weighted by atomic mass is 35.5. The van der Waals surface area contributed by atoms with Gasteiger partial charge in [0.25, 0.3) is 0 Å². The molecular formula is C16H29ClN2O3. The lowest BCUT2D eigenvalue weighted by atomic mass is 9.85. The second-order valence-electron chi connectivity index (χ2n) is 6.35. The molecule has 1 N–H and O–H groups in total. The van der Waals surface area contributed by atoms with E-state index in [4.69, 9.17) is 4.74 Å². The third-order valence-corrected chi connectivity index (χ3v) is 4.55. The van der Waals surface area contributed by atoms with Crippen LogP contribution in [0.2, 0.25) is 0 Å². The summed E-state index contributed by atoms with van der Waals surface area (Å²) in [5.74, 6) is 0.772. The van der Waals surface area contributed by atoms with Gasteiger partial charge >= 0.3 is 5.97 Å². The van der Waals surface area contributed by atoms with Gasteiger partial charge in [-0.05, 0) is 57.5 Å². The van der Waals surface area contributed by atoms with Crippen LogP contribution in [0, 0.1) is 11.8 Å². The zero-order valence-corrected chi connectivity index (χ0v) is 14.5. The number of hydrogen-bond acceptors (Lipinski definition) is 4. The lowest BCUT2D eigenvalue weighted by Crippen LogP contribution is -2.40. The number of carbonyl (C=O) groups excluding carboxylic acids is 2. The highest BCUT2D eigenvalue weighted by Gasteiger charge is 2.35. The van der Waals surface area contributed by atoms with Crippen molar-refractivity contribution >= 4 is 24.3 Å². The number of ether oxygens (including phenoxy) is 1. The minimum Gasteiger partial charge on any atom is -0.465 e. The van der Waals surface area contributed by atoms with E-state index in [1.807, 2.05) is 0 Å². The molecule has 1 aliphatic heterocycles. The lowest BCUT2D eigenvalue weighted by Gasteiger charge is -2.30. The molecule has 5 nitrogen and oxygen atoms in total. The SMILES string of the molecule is CCOC(=O)CN(C(=O)CC(C)C1CCCNC1)C1CC1.Cl. The Kier molecular flexibility index (Phi) is 8.18. The second kappa shape index (κ2) is 9.36. The van der Waals surface area contributed by atoms with Crippen molar-refractivity contribution in [3.05, 3.63) is 0 Å². The molecule has 6 heteroatoms. The first-order valence-corrected chi connectivity index (χ1v) is 8.27. The summed E-state index contributed by atoms with van der Waals surface area (Å²) < 4.78 is 4.98. The number of rotatable bonds is 7. The van der Waals surface area contributed by atoms with Crippen LogP contribution in [0.5, 0.6) is 0 Å². The van der Waals surface area contributed by atoms with Crippen molar-refractivity contribution in [2.75, 3.05) is 26.2 Å². The third kappa shape index (κ3) is 5.76. The molecule has 2 aliphatic rings. The predicted octanol–water partition coefficient (Wildman–Crippen LogP) is 1.99. The van der Waals surface area contributed by atoms with E-state index in [1.54, 1.807) is 11.8 Å². The molecule has 128 valence electrons. The van der Waals surface area contributed by atoms with Gasteiger partial charge in [-0.1, -0.05) is 6.92 Å². The average Bonchev–Trinajstić information content (AvgIpc) is 3.30. The van der Waals surface area contributed by atoms with Gasteiger partial charge in [-0.2, -0.15) is 0 Å². The van der Waals surface area contributed by atoms with Crippen LogP contribution in [0.25, 0.3) is 0 Å². The topological polar surface area (TPSA) is 58.6 Å². The smallest absolute Gasteiger partial charge is 0.325 e. The maximum Gasteiger partial charge on any atom is 0.325 e. The van der Waals surface area contributed by atoms with E-state index in [0.717, 1.165) is 25.9 Å². The van der Waals surface area contributed by atoms with Crippen molar-refractivity contribution in [3.8, 4) is 0 Å². The zero-order chi connectivity index (χ0) is 15.2. The molecule has 2 rings (SSSR count). The molecule has 1 amide bonds. The van der Waals surface area contributed by atoms with Crippen molar-refractivity contribution in [2.45, 2.75) is 52.0 Å². The summed E-state index contributed by atoms with van der Waals surface area (Å²) in [4.78, 5) is 25.9. The molecule has 1 heterocycles. The fourth-order valence-electron chi connectivity index (χ4n) is 3.08. The summed E-state index contributed by atoms with van der Waals surface area (Å²) in [7, 11) is 0. The molecule has 2 unspecified atom stereocenters. The van der Waals surface area contributed by atoms with E-state index in [-0.39, 0.29) is 36.9 Å².